The highest BCUT2D eigenvalue weighted by molar-refractivity contribution is 5.79. The molecular formula is C14H23NO3. The predicted molar refractivity (Wildman–Crippen MR) is 68.1 cm³/mol. The Labute approximate surface area is 108 Å². The second-order valence-electron chi connectivity index (χ2n) is 6.16. The van der Waals surface area contributed by atoms with Crippen molar-refractivity contribution < 1.29 is 14.7 Å². The Balaban J connectivity index is 1.82. The van der Waals surface area contributed by atoms with Crippen LogP contribution in [0.15, 0.2) is 0 Å². The maximum absolute atomic E-state index is 12.1. The molecule has 2 aliphatic carbocycles. The van der Waals surface area contributed by atoms with Gasteiger partial charge in [-0.25, -0.2) is 0 Å². The third kappa shape index (κ3) is 2.85. The zero-order valence-corrected chi connectivity index (χ0v) is 11.1. The van der Waals surface area contributed by atoms with Crippen molar-refractivity contribution in [1.29, 1.82) is 0 Å². The number of carbonyl (C=O) groups excluding carboxylic acids is 1. The largest absolute Gasteiger partial charge is 0.481 e. The Kier molecular flexibility index (Phi) is 3.93. The Morgan fingerprint density at radius 2 is 2.00 bits per heavy atom. The van der Waals surface area contributed by atoms with Gasteiger partial charge in [-0.2, -0.15) is 0 Å². The number of carboxylic acids is 1. The van der Waals surface area contributed by atoms with Gasteiger partial charge in [0.05, 0.1) is 6.42 Å². The van der Waals surface area contributed by atoms with Gasteiger partial charge in [-0.1, -0.05) is 19.8 Å². The molecule has 0 aromatic heterocycles. The molecule has 18 heavy (non-hydrogen) atoms. The zero-order chi connectivity index (χ0) is 13.2. The third-order valence-corrected chi connectivity index (χ3v) is 4.78. The van der Waals surface area contributed by atoms with Crippen molar-refractivity contribution in [1.82, 2.24) is 5.32 Å². The van der Waals surface area contributed by atoms with E-state index in [0.29, 0.717) is 12.5 Å². The van der Waals surface area contributed by atoms with Gasteiger partial charge in [0.15, 0.2) is 0 Å². The van der Waals surface area contributed by atoms with Crippen molar-refractivity contribution in [3.05, 3.63) is 0 Å². The van der Waals surface area contributed by atoms with E-state index >= 15 is 0 Å². The van der Waals surface area contributed by atoms with Crippen LogP contribution in [-0.2, 0) is 9.59 Å². The lowest BCUT2D eigenvalue weighted by atomic mass is 9.66. The van der Waals surface area contributed by atoms with Gasteiger partial charge in [0, 0.05) is 12.5 Å². The summed E-state index contributed by atoms with van der Waals surface area (Å²) in [6, 6.07) is 0. The zero-order valence-electron chi connectivity index (χ0n) is 11.1. The highest BCUT2D eigenvalue weighted by atomic mass is 16.4. The second kappa shape index (κ2) is 5.29. The molecule has 2 rings (SSSR count). The number of amides is 1. The van der Waals surface area contributed by atoms with Crippen LogP contribution in [0.25, 0.3) is 0 Å². The molecule has 0 aliphatic heterocycles. The smallest absolute Gasteiger partial charge is 0.303 e. The Bertz CT molecular complexity index is 336. The van der Waals surface area contributed by atoms with Gasteiger partial charge >= 0.3 is 5.97 Å². The van der Waals surface area contributed by atoms with Gasteiger partial charge in [0.2, 0.25) is 5.91 Å². The van der Waals surface area contributed by atoms with Crippen LogP contribution in [0.4, 0.5) is 0 Å². The summed E-state index contributed by atoms with van der Waals surface area (Å²) in [6.45, 7) is 2.68. The topological polar surface area (TPSA) is 66.4 Å². The first-order chi connectivity index (χ1) is 8.52. The molecule has 2 N–H and O–H groups in total. The highest BCUT2D eigenvalue weighted by Crippen LogP contribution is 2.43. The van der Waals surface area contributed by atoms with Gasteiger partial charge in [-0.3, -0.25) is 9.59 Å². The summed E-state index contributed by atoms with van der Waals surface area (Å²) >= 11 is 0. The quantitative estimate of drug-likeness (QED) is 0.789. The summed E-state index contributed by atoms with van der Waals surface area (Å²) in [5, 5.41) is 11.9. The molecule has 2 fully saturated rings. The summed E-state index contributed by atoms with van der Waals surface area (Å²) in [6.07, 6.45) is 6.40. The molecule has 1 amide bonds. The lowest BCUT2D eigenvalue weighted by Gasteiger charge is -2.41. The van der Waals surface area contributed by atoms with Crippen molar-refractivity contribution in [2.75, 3.05) is 6.54 Å². The lowest BCUT2D eigenvalue weighted by molar-refractivity contribution is -0.142. The first kappa shape index (κ1) is 13.4. The molecule has 0 bridgehead atoms. The third-order valence-electron chi connectivity index (χ3n) is 4.78. The van der Waals surface area contributed by atoms with Crippen LogP contribution in [0.3, 0.4) is 0 Å². The summed E-state index contributed by atoms with van der Waals surface area (Å²) in [5.41, 5.74) is -0.163. The average molecular weight is 253 g/mol. The Hall–Kier alpha value is -1.06. The first-order valence-corrected chi connectivity index (χ1v) is 7.02. The highest BCUT2D eigenvalue weighted by Gasteiger charge is 2.40. The number of nitrogens with one attached hydrogen (secondary N) is 1. The number of aliphatic carboxylic acids is 1. The van der Waals surface area contributed by atoms with E-state index in [1.54, 1.807) is 0 Å². The molecule has 2 aliphatic rings. The standard InChI is InChI=1S/C14H23NO3/c1-10-4-2-5-11(10)13(18)15-9-14(6-3-7-14)8-12(16)17/h10-11H,2-9H2,1H3,(H,15,18)(H,16,17). The van der Waals surface area contributed by atoms with E-state index in [1.807, 2.05) is 0 Å². The molecule has 2 unspecified atom stereocenters. The van der Waals surface area contributed by atoms with Crippen LogP contribution in [0.2, 0.25) is 0 Å². The number of carboxylic acid groups (broad SMARTS) is 1. The normalized spacial score (nSPS) is 29.6. The van der Waals surface area contributed by atoms with Crippen molar-refractivity contribution in [2.45, 2.75) is 51.9 Å². The fraction of sp³-hybridized carbons (Fsp3) is 0.857. The van der Waals surface area contributed by atoms with Gasteiger partial charge in [-0.05, 0) is 37.0 Å². The number of rotatable bonds is 5. The molecule has 0 aromatic carbocycles. The van der Waals surface area contributed by atoms with Crippen molar-refractivity contribution in [3.8, 4) is 0 Å². The van der Waals surface area contributed by atoms with E-state index < -0.39 is 5.97 Å². The fourth-order valence-corrected chi connectivity index (χ4v) is 3.35. The molecule has 2 atom stereocenters. The van der Waals surface area contributed by atoms with Crippen LogP contribution in [0, 0.1) is 17.3 Å². The van der Waals surface area contributed by atoms with Crippen LogP contribution < -0.4 is 5.32 Å². The fourth-order valence-electron chi connectivity index (χ4n) is 3.35. The predicted octanol–water partition coefficient (Wildman–Crippen LogP) is 2.18. The van der Waals surface area contributed by atoms with Gasteiger partial charge < -0.3 is 10.4 Å². The summed E-state index contributed by atoms with van der Waals surface area (Å²) < 4.78 is 0. The van der Waals surface area contributed by atoms with E-state index in [2.05, 4.69) is 12.2 Å². The van der Waals surface area contributed by atoms with Crippen molar-refractivity contribution in [3.63, 3.8) is 0 Å². The number of hydrogen-bond acceptors (Lipinski definition) is 2. The van der Waals surface area contributed by atoms with Gasteiger partial charge in [0.1, 0.15) is 0 Å². The van der Waals surface area contributed by atoms with E-state index in [1.165, 1.54) is 0 Å². The summed E-state index contributed by atoms with van der Waals surface area (Å²) in [5.74, 6) is 0.00335. The first-order valence-electron chi connectivity index (χ1n) is 7.02. The minimum atomic E-state index is -0.752. The van der Waals surface area contributed by atoms with E-state index in [0.717, 1.165) is 38.5 Å². The van der Waals surface area contributed by atoms with Crippen molar-refractivity contribution in [2.24, 2.45) is 17.3 Å². The SMILES string of the molecule is CC1CCCC1C(=O)NCC1(CC(=O)O)CCC1. The molecule has 2 saturated carbocycles. The van der Waals surface area contributed by atoms with Gasteiger partial charge in [0.25, 0.3) is 0 Å². The number of hydrogen-bond donors (Lipinski definition) is 2. The molecule has 0 aromatic rings. The lowest BCUT2D eigenvalue weighted by Crippen LogP contribution is -2.45. The number of carbonyl (C=O) groups is 2. The molecule has 0 spiro atoms. The summed E-state index contributed by atoms with van der Waals surface area (Å²) in [7, 11) is 0. The Morgan fingerprint density at radius 1 is 1.28 bits per heavy atom. The van der Waals surface area contributed by atoms with Crippen molar-refractivity contribution >= 4 is 11.9 Å². The molecule has 102 valence electrons. The summed E-state index contributed by atoms with van der Waals surface area (Å²) in [4.78, 5) is 22.9. The molecule has 0 saturated heterocycles. The van der Waals surface area contributed by atoms with E-state index in [4.69, 9.17) is 5.11 Å². The molecule has 0 heterocycles. The van der Waals surface area contributed by atoms with E-state index in [-0.39, 0.29) is 23.7 Å². The maximum atomic E-state index is 12.1. The van der Waals surface area contributed by atoms with Crippen LogP contribution in [0.5, 0.6) is 0 Å². The van der Waals surface area contributed by atoms with Gasteiger partial charge in [-0.15, -0.1) is 0 Å². The average Bonchev–Trinajstić information content (AvgIpc) is 2.67. The monoisotopic (exact) mass is 253 g/mol. The van der Waals surface area contributed by atoms with Crippen LogP contribution in [0.1, 0.15) is 51.9 Å². The maximum Gasteiger partial charge on any atom is 0.303 e. The molecule has 0 radical (unpaired) electrons. The van der Waals surface area contributed by atoms with Crippen LogP contribution in [-0.4, -0.2) is 23.5 Å². The second-order valence-corrected chi connectivity index (χ2v) is 6.16. The molecular weight excluding hydrogens is 230 g/mol. The minimum absolute atomic E-state index is 0.136. The van der Waals surface area contributed by atoms with Crippen LogP contribution >= 0.6 is 0 Å². The molecule has 4 nitrogen and oxygen atoms in total. The minimum Gasteiger partial charge on any atom is -0.481 e. The van der Waals surface area contributed by atoms with E-state index in [9.17, 15) is 9.59 Å². The molecule has 4 heteroatoms. The Morgan fingerprint density at radius 3 is 2.44 bits per heavy atom.